The minimum atomic E-state index is -0.454. The lowest BCUT2D eigenvalue weighted by molar-refractivity contribution is -0.384. The van der Waals surface area contributed by atoms with Crippen LogP contribution in [0, 0.1) is 17.0 Å². The Morgan fingerprint density at radius 1 is 1.55 bits per heavy atom. The molecule has 1 heterocycles. The van der Waals surface area contributed by atoms with Gasteiger partial charge in [-0.2, -0.15) is 0 Å². The highest BCUT2D eigenvalue weighted by atomic mass is 16.6. The van der Waals surface area contributed by atoms with Crippen LogP contribution in [0.3, 0.4) is 0 Å². The van der Waals surface area contributed by atoms with E-state index in [4.69, 9.17) is 4.74 Å². The summed E-state index contributed by atoms with van der Waals surface area (Å²) in [5.74, 6) is -0.0723. The minimum Gasteiger partial charge on any atom is -0.383 e. The third-order valence-corrected chi connectivity index (χ3v) is 3.65. The minimum absolute atomic E-state index is 0.00825. The number of aryl methyl sites for hydroxylation is 1. The normalized spacial score (nSPS) is 18.3. The van der Waals surface area contributed by atoms with Gasteiger partial charge in [-0.25, -0.2) is 0 Å². The van der Waals surface area contributed by atoms with Crippen molar-refractivity contribution in [3.8, 4) is 0 Å². The molecule has 1 aliphatic rings. The smallest absolute Gasteiger partial charge is 0.269 e. The molecule has 0 aliphatic carbocycles. The molecule has 2 rings (SSSR count). The summed E-state index contributed by atoms with van der Waals surface area (Å²) in [7, 11) is 1.62. The number of amides is 1. The number of carbonyl (C=O) groups is 1. The maximum absolute atomic E-state index is 12.5. The van der Waals surface area contributed by atoms with Crippen LogP contribution in [0.5, 0.6) is 0 Å². The molecule has 1 saturated heterocycles. The van der Waals surface area contributed by atoms with E-state index in [1.54, 1.807) is 18.9 Å². The van der Waals surface area contributed by atoms with Gasteiger partial charge in [0.2, 0.25) is 0 Å². The average molecular weight is 278 g/mol. The summed E-state index contributed by atoms with van der Waals surface area (Å²) in [5, 5.41) is 10.7. The first-order valence-corrected chi connectivity index (χ1v) is 6.59. The van der Waals surface area contributed by atoms with Gasteiger partial charge in [-0.15, -0.1) is 0 Å². The second-order valence-electron chi connectivity index (χ2n) is 5.01. The first-order valence-electron chi connectivity index (χ1n) is 6.59. The van der Waals surface area contributed by atoms with Gasteiger partial charge >= 0.3 is 0 Å². The number of nitrogens with zero attached hydrogens (tertiary/aromatic N) is 2. The predicted octanol–water partition coefficient (Wildman–Crippen LogP) is 2.15. The zero-order valence-corrected chi connectivity index (χ0v) is 11.7. The molecule has 0 spiro atoms. The maximum Gasteiger partial charge on any atom is 0.269 e. The Morgan fingerprint density at radius 2 is 2.30 bits per heavy atom. The highest BCUT2D eigenvalue weighted by Gasteiger charge is 2.30. The SMILES string of the molecule is COC[C@H]1CCCN1C(=O)c1ccc([N+](=O)[O-])cc1C. The van der Waals surface area contributed by atoms with Crippen LogP contribution in [0.1, 0.15) is 28.8 Å². The molecular formula is C14H18N2O4. The number of methoxy groups -OCH3 is 1. The molecule has 0 saturated carbocycles. The monoisotopic (exact) mass is 278 g/mol. The van der Waals surface area contributed by atoms with Crippen LogP contribution in [-0.2, 0) is 4.74 Å². The van der Waals surface area contributed by atoms with Gasteiger partial charge in [0.25, 0.3) is 11.6 Å². The maximum atomic E-state index is 12.5. The first kappa shape index (κ1) is 14.5. The van der Waals surface area contributed by atoms with Crippen molar-refractivity contribution in [3.05, 3.63) is 39.4 Å². The average Bonchev–Trinajstić information content (AvgIpc) is 2.86. The van der Waals surface area contributed by atoms with Crippen molar-refractivity contribution < 1.29 is 14.5 Å². The van der Waals surface area contributed by atoms with E-state index in [1.165, 1.54) is 18.2 Å². The lowest BCUT2D eigenvalue weighted by Gasteiger charge is -2.24. The Balaban J connectivity index is 2.22. The standard InChI is InChI=1S/C14H18N2O4/c1-10-8-11(16(18)19)5-6-13(10)14(17)15-7-3-4-12(15)9-20-2/h5-6,8,12H,3-4,7,9H2,1-2H3/t12-/m1/s1. The molecule has 1 atom stereocenters. The summed E-state index contributed by atoms with van der Waals surface area (Å²) < 4.78 is 5.14. The van der Waals surface area contributed by atoms with Crippen LogP contribution in [0.15, 0.2) is 18.2 Å². The van der Waals surface area contributed by atoms with Crippen molar-refractivity contribution in [1.29, 1.82) is 0 Å². The van der Waals surface area contributed by atoms with E-state index in [2.05, 4.69) is 0 Å². The number of ether oxygens (including phenoxy) is 1. The number of hydrogen-bond acceptors (Lipinski definition) is 4. The van der Waals surface area contributed by atoms with E-state index in [0.29, 0.717) is 24.3 Å². The number of nitro benzene ring substituents is 1. The summed E-state index contributed by atoms with van der Waals surface area (Å²) in [6.07, 6.45) is 1.90. The third kappa shape index (κ3) is 2.80. The van der Waals surface area contributed by atoms with Crippen molar-refractivity contribution in [3.63, 3.8) is 0 Å². The quantitative estimate of drug-likeness (QED) is 0.625. The lowest BCUT2D eigenvalue weighted by Crippen LogP contribution is -2.38. The van der Waals surface area contributed by atoms with E-state index in [1.807, 2.05) is 0 Å². The number of benzene rings is 1. The molecule has 1 aromatic carbocycles. The van der Waals surface area contributed by atoms with Crippen LogP contribution in [0.2, 0.25) is 0 Å². The number of non-ortho nitro benzene ring substituents is 1. The van der Waals surface area contributed by atoms with Crippen molar-refractivity contribution in [1.82, 2.24) is 4.90 Å². The van der Waals surface area contributed by atoms with E-state index in [-0.39, 0.29) is 17.6 Å². The van der Waals surface area contributed by atoms with E-state index < -0.39 is 4.92 Å². The second-order valence-corrected chi connectivity index (χ2v) is 5.01. The molecule has 6 heteroatoms. The molecule has 1 fully saturated rings. The molecule has 0 unspecified atom stereocenters. The van der Waals surface area contributed by atoms with E-state index in [9.17, 15) is 14.9 Å². The number of likely N-dealkylation sites (tertiary alicyclic amines) is 1. The van der Waals surface area contributed by atoms with Gasteiger partial charge < -0.3 is 9.64 Å². The number of hydrogen-bond donors (Lipinski definition) is 0. The fourth-order valence-corrected chi connectivity index (χ4v) is 2.62. The van der Waals surface area contributed by atoms with E-state index in [0.717, 1.165) is 12.8 Å². The summed E-state index contributed by atoms with van der Waals surface area (Å²) in [4.78, 5) is 24.6. The Morgan fingerprint density at radius 3 is 2.90 bits per heavy atom. The van der Waals surface area contributed by atoms with Gasteiger partial charge in [-0.3, -0.25) is 14.9 Å². The van der Waals surface area contributed by atoms with Crippen LogP contribution >= 0.6 is 0 Å². The Hall–Kier alpha value is -1.95. The van der Waals surface area contributed by atoms with Crippen molar-refractivity contribution >= 4 is 11.6 Å². The van der Waals surface area contributed by atoms with Crippen molar-refractivity contribution in [2.75, 3.05) is 20.3 Å². The zero-order valence-electron chi connectivity index (χ0n) is 11.7. The molecule has 6 nitrogen and oxygen atoms in total. The fourth-order valence-electron chi connectivity index (χ4n) is 2.62. The zero-order chi connectivity index (χ0) is 14.7. The van der Waals surface area contributed by atoms with Crippen LogP contribution in [0.25, 0.3) is 0 Å². The van der Waals surface area contributed by atoms with Gasteiger partial charge in [0.1, 0.15) is 0 Å². The number of nitro groups is 1. The molecule has 0 N–H and O–H groups in total. The molecule has 108 valence electrons. The Kier molecular flexibility index (Phi) is 4.34. The topological polar surface area (TPSA) is 72.7 Å². The molecule has 0 aromatic heterocycles. The summed E-state index contributed by atoms with van der Waals surface area (Å²) in [6.45, 7) is 2.96. The Bertz CT molecular complexity index is 530. The Labute approximate surface area is 117 Å². The number of carbonyl (C=O) groups excluding carboxylic acids is 1. The van der Waals surface area contributed by atoms with Crippen molar-refractivity contribution in [2.24, 2.45) is 0 Å². The van der Waals surface area contributed by atoms with Crippen LogP contribution < -0.4 is 0 Å². The molecule has 0 bridgehead atoms. The van der Waals surface area contributed by atoms with Gasteiger partial charge in [-0.1, -0.05) is 0 Å². The first-order chi connectivity index (χ1) is 9.54. The molecule has 20 heavy (non-hydrogen) atoms. The molecule has 1 aliphatic heterocycles. The summed E-state index contributed by atoms with van der Waals surface area (Å²) in [6, 6.07) is 4.45. The highest BCUT2D eigenvalue weighted by molar-refractivity contribution is 5.96. The third-order valence-electron chi connectivity index (χ3n) is 3.65. The molecule has 0 radical (unpaired) electrons. The second kappa shape index (κ2) is 6.00. The van der Waals surface area contributed by atoms with Gasteiger partial charge in [0, 0.05) is 31.4 Å². The fraction of sp³-hybridized carbons (Fsp3) is 0.500. The molecule has 1 amide bonds. The summed E-state index contributed by atoms with van der Waals surface area (Å²) in [5.41, 5.74) is 1.17. The summed E-state index contributed by atoms with van der Waals surface area (Å²) >= 11 is 0. The predicted molar refractivity (Wildman–Crippen MR) is 73.8 cm³/mol. The number of rotatable bonds is 4. The van der Waals surface area contributed by atoms with E-state index >= 15 is 0 Å². The largest absolute Gasteiger partial charge is 0.383 e. The van der Waals surface area contributed by atoms with Gasteiger partial charge in [0.05, 0.1) is 17.6 Å². The molecular weight excluding hydrogens is 260 g/mol. The molecule has 1 aromatic rings. The lowest BCUT2D eigenvalue weighted by atomic mass is 10.1. The van der Waals surface area contributed by atoms with Crippen molar-refractivity contribution in [2.45, 2.75) is 25.8 Å². The van der Waals surface area contributed by atoms with Crippen LogP contribution in [0.4, 0.5) is 5.69 Å². The van der Waals surface area contributed by atoms with Crippen LogP contribution in [-0.4, -0.2) is 42.0 Å². The van der Waals surface area contributed by atoms with Gasteiger partial charge in [0.15, 0.2) is 0 Å². The van der Waals surface area contributed by atoms with Gasteiger partial charge in [-0.05, 0) is 31.4 Å². The highest BCUT2D eigenvalue weighted by Crippen LogP contribution is 2.23.